The number of ether oxygens (including phenoxy) is 2. The molecule has 10 heteroatoms. The van der Waals surface area contributed by atoms with Crippen molar-refractivity contribution in [3.63, 3.8) is 0 Å². The molecule has 4 aromatic carbocycles. The van der Waals surface area contributed by atoms with Crippen molar-refractivity contribution in [3.8, 4) is 0 Å². The number of morpholine rings is 2. The number of nitrogens with zero attached hydrogens (tertiary/aromatic N) is 3. The van der Waals surface area contributed by atoms with E-state index in [-0.39, 0.29) is 32.4 Å². The van der Waals surface area contributed by atoms with Crippen LogP contribution in [0.5, 0.6) is 0 Å². The minimum absolute atomic E-state index is 0.0993. The molecule has 8 nitrogen and oxygen atoms in total. The van der Waals surface area contributed by atoms with Gasteiger partial charge in [0.05, 0.1) is 37.1 Å². The van der Waals surface area contributed by atoms with E-state index in [1.165, 1.54) is 5.56 Å². The molecule has 2 aliphatic heterocycles. The Morgan fingerprint density at radius 1 is 0.750 bits per heavy atom. The molecule has 1 N–H and O–H groups in total. The number of rotatable bonds is 12. The fourth-order valence-corrected chi connectivity index (χ4v) is 9.17. The van der Waals surface area contributed by atoms with Gasteiger partial charge < -0.3 is 19.1 Å². The summed E-state index contributed by atoms with van der Waals surface area (Å²) in [5.41, 5.74) is 4.00. The summed E-state index contributed by atoms with van der Waals surface area (Å²) in [6.45, 7) is 1.53. The fraction of sp³-hybridized carbons (Fsp3) is 0.368. The van der Waals surface area contributed by atoms with E-state index in [0.717, 1.165) is 16.7 Å². The number of aliphatic hydroxyl groups is 1. The molecule has 0 amide bonds. The molecule has 5 atom stereocenters. The first kappa shape index (κ1) is 34.7. The van der Waals surface area contributed by atoms with Gasteiger partial charge in [-0.2, -0.15) is 0 Å². The highest BCUT2D eigenvalue weighted by atomic mass is 31.2. The largest absolute Gasteiger partial charge is 0.394 e. The number of hydrogen-bond acceptors (Lipinski definition) is 6. The third kappa shape index (κ3) is 7.40. The molecule has 0 bridgehead atoms. The molecule has 3 unspecified atom stereocenters. The van der Waals surface area contributed by atoms with Crippen LogP contribution in [0.4, 0.5) is 0 Å². The fourth-order valence-electron chi connectivity index (χ4n) is 7.15. The summed E-state index contributed by atoms with van der Waals surface area (Å²) in [4.78, 5) is 2.52. The monoisotopic (exact) mass is 665 g/mol. The van der Waals surface area contributed by atoms with E-state index in [1.807, 2.05) is 6.07 Å². The maximum Gasteiger partial charge on any atom is 0.345 e. The lowest BCUT2D eigenvalue weighted by molar-refractivity contribution is -0.118. The van der Waals surface area contributed by atoms with Crippen LogP contribution in [0.2, 0.25) is 0 Å². The quantitative estimate of drug-likeness (QED) is 0.126. The normalized spacial score (nSPS) is 23.9. The third-order valence-corrected chi connectivity index (χ3v) is 11.8. The smallest absolute Gasteiger partial charge is 0.345 e. The van der Waals surface area contributed by atoms with Gasteiger partial charge in [-0.15, -0.1) is 0 Å². The average Bonchev–Trinajstić information content (AvgIpc) is 3.12. The highest BCUT2D eigenvalue weighted by Gasteiger charge is 2.47. The second-order valence-electron chi connectivity index (χ2n) is 12.8. The minimum Gasteiger partial charge on any atom is -0.394 e. The van der Waals surface area contributed by atoms with E-state index < -0.39 is 31.4 Å². The molecular weight excluding hydrogens is 620 g/mol. The Morgan fingerprint density at radius 3 is 1.75 bits per heavy atom. The van der Waals surface area contributed by atoms with Crippen LogP contribution in [0.1, 0.15) is 22.3 Å². The van der Waals surface area contributed by atoms with Crippen LogP contribution in [-0.4, -0.2) is 105 Å². The van der Waals surface area contributed by atoms with E-state index in [0.29, 0.717) is 19.5 Å². The summed E-state index contributed by atoms with van der Waals surface area (Å²) < 4.78 is 36.9. The van der Waals surface area contributed by atoms with E-state index in [4.69, 9.17) is 21.8 Å². The first-order valence-corrected chi connectivity index (χ1v) is 18.2. The molecule has 250 valence electrons. The van der Waals surface area contributed by atoms with Gasteiger partial charge in [-0.3, -0.25) is 9.46 Å². The molecule has 0 saturated carbocycles. The molecule has 2 fully saturated rings. The summed E-state index contributed by atoms with van der Waals surface area (Å²) in [7, 11) is 6.09. The van der Waals surface area contributed by atoms with Crippen molar-refractivity contribution in [2.45, 2.75) is 36.3 Å². The van der Waals surface area contributed by atoms with Gasteiger partial charge in [0.25, 0.3) is 0 Å². The first-order valence-electron chi connectivity index (χ1n) is 16.6. The highest BCUT2D eigenvalue weighted by molar-refractivity contribution is 7.53. The number of aliphatic hydroxyl groups excluding tert-OH is 1. The van der Waals surface area contributed by atoms with Gasteiger partial charge in [-0.25, -0.2) is 9.34 Å². The summed E-state index contributed by atoms with van der Waals surface area (Å²) in [6, 6.07) is 41.6. The standard InChI is InChI=1S/C38H45BN3O5P/c1-40(2)48(44,42-26-35(28-43)47-37(39)27-42)45-29-36-25-41(24-34(46-36)23-30-15-7-3-8-16-30)38(31-17-9-4-10-18-31,32-19-11-5-12-20-32)33-21-13-6-14-22-33/h3-22,34-37,43H,23-29H2,1-2H3/t34-,35?,36?,37+,48?/m0/s1. The van der Waals surface area contributed by atoms with E-state index in [2.05, 4.69) is 120 Å². The topological polar surface area (TPSA) is 74.7 Å². The van der Waals surface area contributed by atoms with Crippen molar-refractivity contribution in [1.29, 1.82) is 0 Å². The average molecular weight is 666 g/mol. The predicted octanol–water partition coefficient (Wildman–Crippen LogP) is 5.16. The molecule has 48 heavy (non-hydrogen) atoms. The van der Waals surface area contributed by atoms with E-state index >= 15 is 0 Å². The van der Waals surface area contributed by atoms with Crippen LogP contribution in [0, 0.1) is 0 Å². The van der Waals surface area contributed by atoms with E-state index in [9.17, 15) is 9.67 Å². The van der Waals surface area contributed by atoms with Gasteiger partial charge in [0.15, 0.2) is 0 Å². The van der Waals surface area contributed by atoms with Crippen molar-refractivity contribution in [2.75, 3.05) is 53.5 Å². The van der Waals surface area contributed by atoms with Crippen molar-refractivity contribution in [1.82, 2.24) is 14.2 Å². The lowest BCUT2D eigenvalue weighted by Crippen LogP contribution is -2.59. The molecule has 2 aliphatic rings. The molecule has 6 rings (SSSR count). The summed E-state index contributed by atoms with van der Waals surface area (Å²) in [5, 5.41) is 9.83. The predicted molar refractivity (Wildman–Crippen MR) is 190 cm³/mol. The third-order valence-electron chi connectivity index (χ3n) is 9.26. The van der Waals surface area contributed by atoms with E-state index in [1.54, 1.807) is 23.4 Å². The van der Waals surface area contributed by atoms with Crippen molar-refractivity contribution in [2.24, 2.45) is 0 Å². The van der Waals surface area contributed by atoms with Crippen LogP contribution in [0.3, 0.4) is 0 Å². The summed E-state index contributed by atoms with van der Waals surface area (Å²) in [6.07, 6.45) is -0.408. The van der Waals surface area contributed by atoms with Crippen molar-refractivity contribution >= 4 is 15.5 Å². The van der Waals surface area contributed by atoms with Crippen molar-refractivity contribution in [3.05, 3.63) is 144 Å². The maximum atomic E-state index is 14.6. The second-order valence-corrected chi connectivity index (χ2v) is 15.4. The minimum atomic E-state index is -3.55. The molecule has 2 radical (unpaired) electrons. The first-order chi connectivity index (χ1) is 23.3. The summed E-state index contributed by atoms with van der Waals surface area (Å²) in [5.74, 6) is 0. The molecule has 4 aromatic rings. The van der Waals surface area contributed by atoms with Crippen LogP contribution >= 0.6 is 7.67 Å². The van der Waals surface area contributed by atoms with Crippen LogP contribution in [0.25, 0.3) is 0 Å². The molecule has 2 heterocycles. The van der Waals surface area contributed by atoms with Gasteiger partial charge in [-0.05, 0) is 42.8 Å². The lowest BCUT2D eigenvalue weighted by Gasteiger charge is -2.51. The number of hydrogen-bond donors (Lipinski definition) is 1. The van der Waals surface area contributed by atoms with Crippen LogP contribution < -0.4 is 0 Å². The lowest BCUT2D eigenvalue weighted by atomic mass is 9.75. The summed E-state index contributed by atoms with van der Waals surface area (Å²) >= 11 is 0. The highest BCUT2D eigenvalue weighted by Crippen LogP contribution is 2.54. The molecule has 0 aromatic heterocycles. The zero-order valence-corrected chi connectivity index (χ0v) is 28.6. The Balaban J connectivity index is 1.40. The second kappa shape index (κ2) is 15.6. The molecule has 2 saturated heterocycles. The van der Waals surface area contributed by atoms with Crippen molar-refractivity contribution < 1.29 is 23.7 Å². The van der Waals surface area contributed by atoms with Gasteiger partial charge in [0.2, 0.25) is 0 Å². The molecule has 0 aliphatic carbocycles. The van der Waals surface area contributed by atoms with Crippen LogP contribution in [0.15, 0.2) is 121 Å². The molecular formula is C38H45BN3O5P. The van der Waals surface area contributed by atoms with Crippen LogP contribution in [-0.2, 0) is 30.5 Å². The Kier molecular flexibility index (Phi) is 11.3. The maximum absolute atomic E-state index is 14.6. The number of benzene rings is 4. The Hall–Kier alpha value is -3.11. The zero-order chi connectivity index (χ0) is 33.6. The van der Waals surface area contributed by atoms with Gasteiger partial charge in [-0.1, -0.05) is 121 Å². The zero-order valence-electron chi connectivity index (χ0n) is 27.8. The van der Waals surface area contributed by atoms with Gasteiger partial charge in [0.1, 0.15) is 7.85 Å². The Labute approximate surface area is 286 Å². The van der Waals surface area contributed by atoms with Gasteiger partial charge >= 0.3 is 7.67 Å². The SMILES string of the molecule is [B][C@H]1CN(P(=O)(OCC2CN(C(c3ccccc3)(c3ccccc3)c3ccccc3)C[C@H](Cc3ccccc3)O2)N(C)C)CC(CO)O1. The Bertz CT molecular complexity index is 1520. The van der Waals surface area contributed by atoms with Gasteiger partial charge in [0, 0.05) is 32.2 Å². The Morgan fingerprint density at radius 2 is 1.25 bits per heavy atom. The molecule has 0 spiro atoms.